The lowest BCUT2D eigenvalue weighted by atomic mass is 9.63. The van der Waals surface area contributed by atoms with Crippen LogP contribution in [0.4, 0.5) is 0 Å². The predicted octanol–water partition coefficient (Wildman–Crippen LogP) is 0.0803. The van der Waals surface area contributed by atoms with Crippen LogP contribution < -0.4 is 5.73 Å². The molecule has 3 N–H and O–H groups in total. The van der Waals surface area contributed by atoms with Crippen LogP contribution in [0.5, 0.6) is 0 Å². The summed E-state index contributed by atoms with van der Waals surface area (Å²) < 4.78 is 5.54. The van der Waals surface area contributed by atoms with Crippen LogP contribution in [-0.2, 0) is 9.53 Å². The number of carbonyl (C=O) groups excluding carboxylic acids is 1. The lowest BCUT2D eigenvalue weighted by molar-refractivity contribution is -0.156. The van der Waals surface area contributed by atoms with Crippen LogP contribution >= 0.6 is 0 Å². The fourth-order valence-electron chi connectivity index (χ4n) is 2.45. The molecule has 1 aliphatic heterocycles. The van der Waals surface area contributed by atoms with Crippen LogP contribution in [0.2, 0.25) is 0 Å². The van der Waals surface area contributed by atoms with Crippen molar-refractivity contribution < 1.29 is 14.6 Å². The van der Waals surface area contributed by atoms with Crippen molar-refractivity contribution in [3.63, 3.8) is 0 Å². The molecule has 1 fully saturated rings. The number of carbonyl (C=O) groups is 1. The Hall–Kier alpha value is -0.450. The summed E-state index contributed by atoms with van der Waals surface area (Å²) in [4.78, 5) is 10.9. The second kappa shape index (κ2) is 3.29. The zero-order chi connectivity index (χ0) is 11.0. The number of aldehydes is 1. The molecule has 0 saturated carbocycles. The van der Waals surface area contributed by atoms with Crippen molar-refractivity contribution in [2.45, 2.75) is 38.4 Å². The number of nitrogens with two attached hydrogens (primary N) is 1. The largest absolute Gasteiger partial charge is 0.382 e. The number of aliphatic hydroxyl groups is 1. The van der Waals surface area contributed by atoms with Crippen LogP contribution in [-0.4, -0.2) is 35.7 Å². The number of ether oxygens (including phenoxy) is 1. The van der Waals surface area contributed by atoms with Gasteiger partial charge in [0, 0.05) is 18.6 Å². The van der Waals surface area contributed by atoms with E-state index in [9.17, 15) is 9.90 Å². The summed E-state index contributed by atoms with van der Waals surface area (Å²) in [6.07, 6.45) is 1.18. The summed E-state index contributed by atoms with van der Waals surface area (Å²) in [5.41, 5.74) is 3.04. The van der Waals surface area contributed by atoms with Crippen molar-refractivity contribution in [3.8, 4) is 0 Å². The molecule has 0 aromatic heterocycles. The van der Waals surface area contributed by atoms with Crippen molar-refractivity contribution >= 4 is 6.29 Å². The first-order chi connectivity index (χ1) is 6.33. The maximum atomic E-state index is 10.9. The number of hydrogen-bond donors (Lipinski definition) is 2. The molecule has 1 heterocycles. The molecule has 4 heteroatoms. The molecule has 2 atom stereocenters. The van der Waals surface area contributed by atoms with Crippen molar-refractivity contribution in [1.82, 2.24) is 0 Å². The van der Waals surface area contributed by atoms with E-state index in [1.165, 1.54) is 6.92 Å². The summed E-state index contributed by atoms with van der Waals surface area (Å²) in [6.45, 7) is 6.01. The SMILES string of the molecule is CC(O)(C=O)C1(CN)CCOC1(C)C. The zero-order valence-electron chi connectivity index (χ0n) is 9.04. The molecular weight excluding hydrogens is 182 g/mol. The highest BCUT2D eigenvalue weighted by Gasteiger charge is 2.59. The monoisotopic (exact) mass is 201 g/mol. The van der Waals surface area contributed by atoms with Crippen molar-refractivity contribution in [1.29, 1.82) is 0 Å². The third-order valence-electron chi connectivity index (χ3n) is 3.69. The second-order valence-electron chi connectivity index (χ2n) is 4.66. The van der Waals surface area contributed by atoms with Gasteiger partial charge in [0.15, 0.2) is 6.29 Å². The lowest BCUT2D eigenvalue weighted by Crippen LogP contribution is -2.60. The minimum Gasteiger partial charge on any atom is -0.382 e. The van der Waals surface area contributed by atoms with E-state index in [0.717, 1.165) is 0 Å². The predicted molar refractivity (Wildman–Crippen MR) is 52.8 cm³/mol. The molecule has 0 aromatic carbocycles. The van der Waals surface area contributed by atoms with Gasteiger partial charge in [-0.15, -0.1) is 0 Å². The zero-order valence-corrected chi connectivity index (χ0v) is 9.04. The van der Waals surface area contributed by atoms with Gasteiger partial charge in [-0.3, -0.25) is 0 Å². The molecule has 2 unspecified atom stereocenters. The van der Waals surface area contributed by atoms with Crippen LogP contribution in [0.25, 0.3) is 0 Å². The highest BCUT2D eigenvalue weighted by atomic mass is 16.5. The molecule has 82 valence electrons. The number of rotatable bonds is 3. The Kier molecular flexibility index (Phi) is 2.73. The molecular formula is C10H19NO3. The summed E-state index contributed by atoms with van der Waals surface area (Å²) >= 11 is 0. The Bertz CT molecular complexity index is 238. The Morgan fingerprint density at radius 3 is 2.50 bits per heavy atom. The third kappa shape index (κ3) is 1.29. The van der Waals surface area contributed by atoms with E-state index >= 15 is 0 Å². The van der Waals surface area contributed by atoms with E-state index < -0.39 is 16.6 Å². The van der Waals surface area contributed by atoms with Gasteiger partial charge in [0.2, 0.25) is 0 Å². The normalized spacial score (nSPS) is 35.2. The standard InChI is InChI=1S/C10H19NO3/c1-8(2)10(6-11,4-5-14-8)9(3,13)7-12/h7,13H,4-6,11H2,1-3H3. The number of hydrogen-bond acceptors (Lipinski definition) is 4. The Morgan fingerprint density at radius 1 is 1.64 bits per heavy atom. The van der Waals surface area contributed by atoms with Crippen LogP contribution in [0.15, 0.2) is 0 Å². The van der Waals surface area contributed by atoms with E-state index in [1.54, 1.807) is 0 Å². The first kappa shape index (κ1) is 11.6. The van der Waals surface area contributed by atoms with E-state index in [0.29, 0.717) is 19.3 Å². The molecule has 14 heavy (non-hydrogen) atoms. The molecule has 0 radical (unpaired) electrons. The maximum absolute atomic E-state index is 10.9. The first-order valence-electron chi connectivity index (χ1n) is 4.86. The quantitative estimate of drug-likeness (QED) is 0.634. The van der Waals surface area contributed by atoms with Crippen LogP contribution in [0.3, 0.4) is 0 Å². The fourth-order valence-corrected chi connectivity index (χ4v) is 2.45. The van der Waals surface area contributed by atoms with E-state index in [2.05, 4.69) is 0 Å². The summed E-state index contributed by atoms with van der Waals surface area (Å²) in [5.74, 6) is 0. The van der Waals surface area contributed by atoms with Gasteiger partial charge < -0.3 is 20.4 Å². The highest BCUT2D eigenvalue weighted by Crippen LogP contribution is 2.49. The topological polar surface area (TPSA) is 72.5 Å². The van der Waals surface area contributed by atoms with Gasteiger partial charge in [0.25, 0.3) is 0 Å². The van der Waals surface area contributed by atoms with Crippen LogP contribution in [0.1, 0.15) is 27.2 Å². The smallest absolute Gasteiger partial charge is 0.152 e. The van der Waals surface area contributed by atoms with Gasteiger partial charge in [-0.1, -0.05) is 0 Å². The molecule has 1 aliphatic rings. The minimum atomic E-state index is -1.43. The summed E-state index contributed by atoms with van der Waals surface area (Å²) in [5, 5.41) is 10.1. The Labute approximate surface area is 84.4 Å². The molecule has 1 saturated heterocycles. The summed E-state index contributed by atoms with van der Waals surface area (Å²) in [6, 6.07) is 0. The molecule has 0 spiro atoms. The maximum Gasteiger partial charge on any atom is 0.152 e. The highest BCUT2D eigenvalue weighted by molar-refractivity contribution is 5.64. The molecule has 0 amide bonds. The lowest BCUT2D eigenvalue weighted by Gasteiger charge is -2.46. The average Bonchev–Trinajstić information content (AvgIpc) is 2.42. The first-order valence-corrected chi connectivity index (χ1v) is 4.86. The van der Waals surface area contributed by atoms with E-state index in [4.69, 9.17) is 10.5 Å². The van der Waals surface area contributed by atoms with Crippen molar-refractivity contribution in [3.05, 3.63) is 0 Å². The second-order valence-corrected chi connectivity index (χ2v) is 4.66. The van der Waals surface area contributed by atoms with Gasteiger partial charge in [-0.25, -0.2) is 0 Å². The van der Waals surface area contributed by atoms with Crippen LogP contribution in [0, 0.1) is 5.41 Å². The van der Waals surface area contributed by atoms with Crippen molar-refractivity contribution in [2.75, 3.05) is 13.2 Å². The fraction of sp³-hybridized carbons (Fsp3) is 0.900. The van der Waals surface area contributed by atoms with Gasteiger partial charge in [-0.2, -0.15) is 0 Å². The van der Waals surface area contributed by atoms with Gasteiger partial charge in [0.1, 0.15) is 5.60 Å². The van der Waals surface area contributed by atoms with Gasteiger partial charge >= 0.3 is 0 Å². The van der Waals surface area contributed by atoms with E-state index in [1.807, 2.05) is 13.8 Å². The van der Waals surface area contributed by atoms with E-state index in [-0.39, 0.29) is 6.54 Å². The third-order valence-corrected chi connectivity index (χ3v) is 3.69. The average molecular weight is 201 g/mol. The minimum absolute atomic E-state index is 0.242. The Morgan fingerprint density at radius 2 is 2.21 bits per heavy atom. The van der Waals surface area contributed by atoms with Gasteiger partial charge in [0.05, 0.1) is 5.60 Å². The van der Waals surface area contributed by atoms with Gasteiger partial charge in [-0.05, 0) is 27.2 Å². The van der Waals surface area contributed by atoms with Crippen molar-refractivity contribution in [2.24, 2.45) is 11.1 Å². The molecule has 1 rings (SSSR count). The molecule has 0 aliphatic carbocycles. The molecule has 0 aromatic rings. The summed E-state index contributed by atoms with van der Waals surface area (Å²) in [7, 11) is 0. The molecule has 0 bridgehead atoms. The Balaban J connectivity index is 3.15. The molecule has 4 nitrogen and oxygen atoms in total.